The summed E-state index contributed by atoms with van der Waals surface area (Å²) in [5.74, 6) is -1.61. The molecule has 0 bridgehead atoms. The molecule has 0 saturated heterocycles. The lowest BCUT2D eigenvalue weighted by Gasteiger charge is -2.34. The minimum absolute atomic E-state index is 0.0615. The summed E-state index contributed by atoms with van der Waals surface area (Å²) in [5, 5.41) is 20.4. The van der Waals surface area contributed by atoms with Gasteiger partial charge in [0.1, 0.15) is 0 Å². The number of benzene rings is 3. The highest BCUT2D eigenvalue weighted by molar-refractivity contribution is 7.87. The molecule has 3 aromatic carbocycles. The lowest BCUT2D eigenvalue weighted by atomic mass is 9.83. The van der Waals surface area contributed by atoms with Crippen molar-refractivity contribution >= 4 is 56.5 Å². The van der Waals surface area contributed by atoms with Crippen LogP contribution < -0.4 is 0 Å². The number of phenolic OH excluding ortho intramolecular Hbond substituents is 2. The summed E-state index contributed by atoms with van der Waals surface area (Å²) in [5.41, 5.74) is -0.668. The van der Waals surface area contributed by atoms with Gasteiger partial charge >= 0.3 is 0 Å². The molecule has 0 heterocycles. The topological polar surface area (TPSA) is 94.8 Å². The molecule has 0 aliphatic heterocycles. The first kappa shape index (κ1) is 22.0. The molecule has 0 amide bonds. The van der Waals surface area contributed by atoms with E-state index in [2.05, 4.69) is 0 Å². The van der Waals surface area contributed by atoms with Crippen LogP contribution >= 0.6 is 46.4 Å². The molecule has 0 unspecified atom stereocenters. The van der Waals surface area contributed by atoms with E-state index in [1.807, 2.05) is 0 Å². The van der Waals surface area contributed by atoms with E-state index >= 15 is 0 Å². The predicted molar refractivity (Wildman–Crippen MR) is 114 cm³/mol. The number of hydrogen-bond donors (Lipinski definition) is 3. The molecule has 10 heteroatoms. The third-order valence-electron chi connectivity index (χ3n) is 4.37. The van der Waals surface area contributed by atoms with E-state index < -0.39 is 31.9 Å². The average Bonchev–Trinajstić information content (AvgIpc) is 2.62. The van der Waals surface area contributed by atoms with Gasteiger partial charge in [-0.2, -0.15) is 8.42 Å². The van der Waals surface area contributed by atoms with E-state index in [4.69, 9.17) is 46.4 Å². The summed E-state index contributed by atoms with van der Waals surface area (Å²) in [7, 11) is -5.13. The van der Waals surface area contributed by atoms with Crippen molar-refractivity contribution in [1.29, 1.82) is 0 Å². The van der Waals surface area contributed by atoms with E-state index in [-0.39, 0.29) is 31.2 Å². The van der Waals surface area contributed by atoms with E-state index in [0.29, 0.717) is 0 Å². The Morgan fingerprint density at radius 1 is 0.793 bits per heavy atom. The molecule has 0 radical (unpaired) electrons. The first-order chi connectivity index (χ1) is 13.5. The largest absolute Gasteiger partial charge is 0.504 e. The molecule has 0 spiro atoms. The molecule has 3 N–H and O–H groups in total. The Morgan fingerprint density at radius 3 is 1.69 bits per heavy atom. The molecule has 3 aromatic rings. The van der Waals surface area contributed by atoms with E-state index in [9.17, 15) is 23.2 Å². The lowest BCUT2D eigenvalue weighted by Crippen LogP contribution is -2.38. The van der Waals surface area contributed by atoms with E-state index in [1.165, 1.54) is 48.5 Å². The summed E-state index contributed by atoms with van der Waals surface area (Å²) in [6, 6.07) is 12.2. The highest BCUT2D eigenvalue weighted by Crippen LogP contribution is 2.54. The standard InChI is InChI=1S/C19H12Cl4O5S/c20-12-5-1-3-10(7-12)19(29(26,27)28,11-4-2-6-13(21)8-11)16-17(23)14(22)9-15(24)18(16)25/h1-9,24-25H,(H,26,27,28). The van der Waals surface area contributed by atoms with Gasteiger partial charge in [-0.25, -0.2) is 0 Å². The highest BCUT2D eigenvalue weighted by atomic mass is 35.5. The maximum atomic E-state index is 13.0. The molecule has 0 atom stereocenters. The van der Waals surface area contributed by atoms with Crippen molar-refractivity contribution in [3.63, 3.8) is 0 Å². The number of phenols is 2. The van der Waals surface area contributed by atoms with Crippen molar-refractivity contribution in [2.24, 2.45) is 0 Å². The molecule has 0 aromatic heterocycles. The molecular weight excluding hydrogens is 482 g/mol. The fourth-order valence-electron chi connectivity index (χ4n) is 3.22. The minimum Gasteiger partial charge on any atom is -0.504 e. The van der Waals surface area contributed by atoms with Crippen LogP contribution in [0.25, 0.3) is 0 Å². The van der Waals surface area contributed by atoms with Gasteiger partial charge in [0.2, 0.25) is 0 Å². The normalized spacial score (nSPS) is 12.2. The van der Waals surface area contributed by atoms with Crippen LogP contribution in [0, 0.1) is 0 Å². The SMILES string of the molecule is O=S(=O)(O)C(c1cccc(Cl)c1)(c1cccc(Cl)c1)c1c(O)c(O)cc(Cl)c1Cl. The monoisotopic (exact) mass is 492 g/mol. The van der Waals surface area contributed by atoms with E-state index in [0.717, 1.165) is 6.07 Å². The minimum atomic E-state index is -5.13. The second kappa shape index (κ2) is 7.87. The third-order valence-corrected chi connectivity index (χ3v) is 7.08. The second-order valence-corrected chi connectivity index (χ2v) is 9.31. The summed E-state index contributed by atoms with van der Waals surface area (Å²) >= 11 is 24.5. The summed E-state index contributed by atoms with van der Waals surface area (Å²) in [6.45, 7) is 0. The molecule has 0 saturated carbocycles. The van der Waals surface area contributed by atoms with Crippen LogP contribution in [0.3, 0.4) is 0 Å². The van der Waals surface area contributed by atoms with Gasteiger partial charge in [0, 0.05) is 16.1 Å². The maximum absolute atomic E-state index is 13.0. The fraction of sp³-hybridized carbons (Fsp3) is 0.0526. The van der Waals surface area contributed by atoms with Crippen LogP contribution in [0.2, 0.25) is 20.1 Å². The molecule has 0 aliphatic carbocycles. The molecule has 0 fully saturated rings. The Morgan fingerprint density at radius 2 is 1.28 bits per heavy atom. The predicted octanol–water partition coefficient (Wildman–Crippen LogP) is 5.89. The van der Waals surface area contributed by atoms with Gasteiger partial charge in [0.05, 0.1) is 15.6 Å². The van der Waals surface area contributed by atoms with Crippen LogP contribution in [-0.4, -0.2) is 23.2 Å². The number of aromatic hydroxyl groups is 2. The fourth-order valence-corrected chi connectivity index (χ4v) is 5.45. The van der Waals surface area contributed by atoms with Crippen LogP contribution in [-0.2, 0) is 14.9 Å². The zero-order valence-electron chi connectivity index (χ0n) is 14.3. The number of rotatable bonds is 4. The second-order valence-electron chi connectivity index (χ2n) is 6.09. The maximum Gasteiger partial charge on any atom is 0.283 e. The molecular formula is C19H12Cl4O5S. The zero-order valence-corrected chi connectivity index (χ0v) is 18.1. The van der Waals surface area contributed by atoms with Gasteiger partial charge in [0.25, 0.3) is 10.1 Å². The Bertz CT molecular complexity index is 1140. The Hall–Kier alpha value is -1.67. The van der Waals surface area contributed by atoms with Crippen LogP contribution in [0.1, 0.15) is 16.7 Å². The van der Waals surface area contributed by atoms with Crippen LogP contribution in [0.4, 0.5) is 0 Å². The van der Waals surface area contributed by atoms with Crippen molar-refractivity contribution in [2.75, 3.05) is 0 Å². The number of hydrogen-bond acceptors (Lipinski definition) is 4. The molecule has 0 aliphatic rings. The average molecular weight is 494 g/mol. The molecule has 5 nitrogen and oxygen atoms in total. The number of halogens is 4. The van der Waals surface area contributed by atoms with Gasteiger partial charge in [-0.3, -0.25) is 4.55 Å². The Balaban J connectivity index is 2.66. The van der Waals surface area contributed by atoms with Crippen molar-refractivity contribution in [1.82, 2.24) is 0 Å². The summed E-state index contributed by atoms with van der Waals surface area (Å²) in [4.78, 5) is 0. The lowest BCUT2D eigenvalue weighted by molar-refractivity contribution is 0.394. The van der Waals surface area contributed by atoms with E-state index in [1.54, 1.807) is 0 Å². The molecule has 152 valence electrons. The van der Waals surface area contributed by atoms with Crippen molar-refractivity contribution in [3.05, 3.63) is 91.4 Å². The first-order valence-corrected chi connectivity index (χ1v) is 10.8. The van der Waals surface area contributed by atoms with Gasteiger partial charge < -0.3 is 10.2 Å². The van der Waals surface area contributed by atoms with Crippen LogP contribution in [0.15, 0.2) is 54.6 Å². The van der Waals surface area contributed by atoms with Gasteiger partial charge in [-0.1, -0.05) is 70.7 Å². The van der Waals surface area contributed by atoms with Crippen molar-refractivity contribution in [2.45, 2.75) is 4.75 Å². The highest BCUT2D eigenvalue weighted by Gasteiger charge is 2.52. The van der Waals surface area contributed by atoms with Gasteiger partial charge in [0.15, 0.2) is 16.2 Å². The zero-order chi connectivity index (χ0) is 21.6. The van der Waals surface area contributed by atoms with Crippen LogP contribution in [0.5, 0.6) is 11.5 Å². The quantitative estimate of drug-likeness (QED) is 0.239. The Kier molecular flexibility index (Phi) is 5.98. The summed E-state index contributed by atoms with van der Waals surface area (Å²) < 4.78 is 33.9. The van der Waals surface area contributed by atoms with Gasteiger partial charge in [-0.15, -0.1) is 0 Å². The third kappa shape index (κ3) is 3.65. The summed E-state index contributed by atoms with van der Waals surface area (Å²) in [6.07, 6.45) is 0. The van der Waals surface area contributed by atoms with Crippen molar-refractivity contribution in [3.8, 4) is 11.5 Å². The van der Waals surface area contributed by atoms with Crippen molar-refractivity contribution < 1.29 is 23.2 Å². The molecule has 29 heavy (non-hydrogen) atoms. The molecule has 3 rings (SSSR count). The first-order valence-electron chi connectivity index (χ1n) is 7.89. The smallest absolute Gasteiger partial charge is 0.283 e. The van der Waals surface area contributed by atoms with Gasteiger partial charge in [-0.05, 0) is 35.4 Å². The Labute approximate surface area is 186 Å².